The lowest BCUT2D eigenvalue weighted by Crippen LogP contribution is -2.43. The second-order valence-corrected chi connectivity index (χ2v) is 4.43. The van der Waals surface area contributed by atoms with Gasteiger partial charge in [0.05, 0.1) is 0 Å². The average molecular weight is 168 g/mol. The first kappa shape index (κ1) is 8.52. The van der Waals surface area contributed by atoms with Gasteiger partial charge in [-0.2, -0.15) is 0 Å². The van der Waals surface area contributed by atoms with Crippen molar-refractivity contribution in [2.45, 2.75) is 38.1 Å². The van der Waals surface area contributed by atoms with E-state index in [9.17, 15) is 0 Å². The number of likely N-dealkylation sites (tertiary alicyclic amines) is 1. The summed E-state index contributed by atoms with van der Waals surface area (Å²) in [4.78, 5) is 2.55. The van der Waals surface area contributed by atoms with E-state index in [-0.39, 0.29) is 0 Å². The fraction of sp³-hybridized carbons (Fsp3) is 1.00. The Hall–Kier alpha value is -0.0800. The molecule has 2 nitrogen and oxygen atoms in total. The van der Waals surface area contributed by atoms with Gasteiger partial charge >= 0.3 is 0 Å². The summed E-state index contributed by atoms with van der Waals surface area (Å²) in [5.74, 6) is 1.07. The van der Waals surface area contributed by atoms with E-state index in [1.165, 1.54) is 45.2 Å². The standard InChI is InChI=1S/C10H20N2/c11-10-2-1-6-12(8-10)7-5-9-3-4-9/h9-10H,1-8,11H2/t10-/m1/s1. The number of nitrogens with zero attached hydrogens (tertiary/aromatic N) is 1. The lowest BCUT2D eigenvalue weighted by atomic mass is 10.1. The Bertz CT molecular complexity index is 143. The van der Waals surface area contributed by atoms with Crippen LogP contribution in [0.2, 0.25) is 0 Å². The summed E-state index contributed by atoms with van der Waals surface area (Å²) in [5.41, 5.74) is 5.91. The maximum absolute atomic E-state index is 5.91. The normalized spacial score (nSPS) is 32.2. The minimum Gasteiger partial charge on any atom is -0.327 e. The van der Waals surface area contributed by atoms with Gasteiger partial charge in [0.2, 0.25) is 0 Å². The Morgan fingerprint density at radius 3 is 2.75 bits per heavy atom. The number of hydrogen-bond acceptors (Lipinski definition) is 2. The number of rotatable bonds is 3. The lowest BCUT2D eigenvalue weighted by Gasteiger charge is -2.30. The second kappa shape index (κ2) is 3.75. The summed E-state index contributed by atoms with van der Waals surface area (Å²) in [6.45, 7) is 3.74. The molecular weight excluding hydrogens is 148 g/mol. The monoisotopic (exact) mass is 168 g/mol. The van der Waals surface area contributed by atoms with Gasteiger partial charge in [0.15, 0.2) is 0 Å². The van der Waals surface area contributed by atoms with Crippen molar-refractivity contribution in [3.05, 3.63) is 0 Å². The summed E-state index contributed by atoms with van der Waals surface area (Å²) < 4.78 is 0. The number of hydrogen-bond donors (Lipinski definition) is 1. The van der Waals surface area contributed by atoms with Crippen LogP contribution in [-0.4, -0.2) is 30.6 Å². The molecule has 2 rings (SSSR count). The van der Waals surface area contributed by atoms with Crippen LogP contribution in [0.4, 0.5) is 0 Å². The summed E-state index contributed by atoms with van der Waals surface area (Å²) >= 11 is 0. The molecule has 1 aliphatic heterocycles. The summed E-state index contributed by atoms with van der Waals surface area (Å²) in [6, 6.07) is 0.456. The van der Waals surface area contributed by atoms with Crippen molar-refractivity contribution in [2.24, 2.45) is 11.7 Å². The summed E-state index contributed by atoms with van der Waals surface area (Å²) in [5, 5.41) is 0. The Balaban J connectivity index is 1.64. The van der Waals surface area contributed by atoms with E-state index in [2.05, 4.69) is 4.90 Å². The molecule has 0 aromatic carbocycles. The first-order chi connectivity index (χ1) is 5.84. The molecular formula is C10H20N2. The van der Waals surface area contributed by atoms with Crippen LogP contribution in [0.15, 0.2) is 0 Å². The van der Waals surface area contributed by atoms with E-state index in [0.29, 0.717) is 6.04 Å². The highest BCUT2D eigenvalue weighted by Crippen LogP contribution is 2.32. The van der Waals surface area contributed by atoms with Crippen LogP contribution in [0.5, 0.6) is 0 Å². The molecule has 0 spiro atoms. The van der Waals surface area contributed by atoms with Gasteiger partial charge in [0, 0.05) is 12.6 Å². The molecule has 2 aliphatic rings. The summed E-state index contributed by atoms with van der Waals surface area (Å²) in [6.07, 6.45) is 6.94. The van der Waals surface area contributed by atoms with Crippen molar-refractivity contribution in [3.63, 3.8) is 0 Å². The van der Waals surface area contributed by atoms with Crippen LogP contribution in [0, 0.1) is 5.92 Å². The predicted molar refractivity (Wildman–Crippen MR) is 51.0 cm³/mol. The van der Waals surface area contributed by atoms with E-state index >= 15 is 0 Å². The lowest BCUT2D eigenvalue weighted by molar-refractivity contribution is 0.204. The van der Waals surface area contributed by atoms with Crippen molar-refractivity contribution in [1.82, 2.24) is 4.90 Å². The van der Waals surface area contributed by atoms with E-state index in [1.807, 2.05) is 0 Å². The molecule has 1 heterocycles. The zero-order chi connectivity index (χ0) is 8.39. The molecule has 1 atom stereocenters. The van der Waals surface area contributed by atoms with Gasteiger partial charge in [-0.25, -0.2) is 0 Å². The fourth-order valence-electron chi connectivity index (χ4n) is 2.07. The largest absolute Gasteiger partial charge is 0.327 e. The van der Waals surface area contributed by atoms with Crippen molar-refractivity contribution in [2.75, 3.05) is 19.6 Å². The number of nitrogens with two attached hydrogens (primary N) is 1. The minimum atomic E-state index is 0.456. The van der Waals surface area contributed by atoms with Gasteiger partial charge in [-0.05, 0) is 38.3 Å². The van der Waals surface area contributed by atoms with Crippen LogP contribution in [0.1, 0.15) is 32.1 Å². The minimum absolute atomic E-state index is 0.456. The Morgan fingerprint density at radius 1 is 1.25 bits per heavy atom. The van der Waals surface area contributed by atoms with Crippen molar-refractivity contribution in [1.29, 1.82) is 0 Å². The van der Waals surface area contributed by atoms with Crippen molar-refractivity contribution in [3.8, 4) is 0 Å². The van der Waals surface area contributed by atoms with E-state index in [1.54, 1.807) is 0 Å². The molecule has 2 N–H and O–H groups in total. The van der Waals surface area contributed by atoms with Gasteiger partial charge in [-0.15, -0.1) is 0 Å². The van der Waals surface area contributed by atoms with E-state index < -0.39 is 0 Å². The third-order valence-corrected chi connectivity index (χ3v) is 3.09. The zero-order valence-corrected chi connectivity index (χ0v) is 7.84. The van der Waals surface area contributed by atoms with Crippen LogP contribution in [0.3, 0.4) is 0 Å². The first-order valence-electron chi connectivity index (χ1n) is 5.32. The van der Waals surface area contributed by atoms with E-state index in [4.69, 9.17) is 5.73 Å². The highest BCUT2D eigenvalue weighted by atomic mass is 15.1. The second-order valence-electron chi connectivity index (χ2n) is 4.43. The molecule has 70 valence electrons. The quantitative estimate of drug-likeness (QED) is 0.686. The molecule has 12 heavy (non-hydrogen) atoms. The van der Waals surface area contributed by atoms with Crippen LogP contribution >= 0.6 is 0 Å². The van der Waals surface area contributed by atoms with Crippen LogP contribution in [0.25, 0.3) is 0 Å². The van der Waals surface area contributed by atoms with Gasteiger partial charge < -0.3 is 10.6 Å². The van der Waals surface area contributed by atoms with Gasteiger partial charge in [0.25, 0.3) is 0 Å². The third-order valence-electron chi connectivity index (χ3n) is 3.09. The maximum Gasteiger partial charge on any atom is 0.0168 e. The first-order valence-corrected chi connectivity index (χ1v) is 5.32. The molecule has 1 saturated carbocycles. The highest BCUT2D eigenvalue weighted by molar-refractivity contribution is 4.78. The molecule has 2 fully saturated rings. The zero-order valence-electron chi connectivity index (χ0n) is 7.84. The molecule has 0 aromatic heterocycles. The Kier molecular flexibility index (Phi) is 2.66. The fourth-order valence-corrected chi connectivity index (χ4v) is 2.07. The van der Waals surface area contributed by atoms with Crippen LogP contribution < -0.4 is 5.73 Å². The molecule has 1 saturated heterocycles. The molecule has 0 aromatic rings. The molecule has 0 unspecified atom stereocenters. The smallest absolute Gasteiger partial charge is 0.0168 e. The third kappa shape index (κ3) is 2.46. The Labute approximate surface area is 75.1 Å². The van der Waals surface area contributed by atoms with E-state index in [0.717, 1.165) is 12.5 Å². The Morgan fingerprint density at radius 2 is 2.08 bits per heavy atom. The molecule has 2 heteroatoms. The average Bonchev–Trinajstić information content (AvgIpc) is 2.84. The van der Waals surface area contributed by atoms with Crippen LogP contribution in [-0.2, 0) is 0 Å². The number of piperidine rings is 1. The topological polar surface area (TPSA) is 29.3 Å². The SMILES string of the molecule is N[C@@H]1CCCN(CCC2CC2)C1. The maximum atomic E-state index is 5.91. The van der Waals surface area contributed by atoms with Gasteiger partial charge in [-0.3, -0.25) is 0 Å². The van der Waals surface area contributed by atoms with Crippen molar-refractivity contribution < 1.29 is 0 Å². The predicted octanol–water partition coefficient (Wildman–Crippen LogP) is 1.21. The molecule has 0 radical (unpaired) electrons. The molecule has 1 aliphatic carbocycles. The summed E-state index contributed by atoms with van der Waals surface area (Å²) in [7, 11) is 0. The van der Waals surface area contributed by atoms with Crippen molar-refractivity contribution >= 4 is 0 Å². The van der Waals surface area contributed by atoms with Gasteiger partial charge in [0.1, 0.15) is 0 Å². The molecule has 0 amide bonds. The van der Waals surface area contributed by atoms with Gasteiger partial charge in [-0.1, -0.05) is 12.8 Å². The highest BCUT2D eigenvalue weighted by Gasteiger charge is 2.23. The molecule has 0 bridgehead atoms.